The van der Waals surface area contributed by atoms with Gasteiger partial charge in [-0.2, -0.15) is 23.5 Å². The highest BCUT2D eigenvalue weighted by Gasteiger charge is 2.63. The van der Waals surface area contributed by atoms with Crippen LogP contribution in [-0.2, 0) is 4.79 Å². The first-order chi connectivity index (χ1) is 18.2. The number of hydrogen-bond acceptors (Lipinski definition) is 7. The minimum atomic E-state index is -4.60. The summed E-state index contributed by atoms with van der Waals surface area (Å²) in [6, 6.07) is 7.61. The minimum Gasteiger partial charge on any atom is -0.492 e. The molecule has 3 aromatic heterocycles. The van der Waals surface area contributed by atoms with E-state index in [9.17, 15) is 28.1 Å². The maximum Gasteiger partial charge on any atom is 0.403 e. The van der Waals surface area contributed by atoms with Gasteiger partial charge in [0.05, 0.1) is 50.3 Å². The van der Waals surface area contributed by atoms with Gasteiger partial charge in [-0.15, -0.1) is 0 Å². The fourth-order valence-electron chi connectivity index (χ4n) is 4.94. The van der Waals surface area contributed by atoms with E-state index >= 15 is 0 Å². The van der Waals surface area contributed by atoms with Crippen LogP contribution in [0.25, 0.3) is 16.6 Å². The van der Waals surface area contributed by atoms with Crippen LogP contribution in [0.4, 0.5) is 19.0 Å². The molecule has 38 heavy (non-hydrogen) atoms. The van der Waals surface area contributed by atoms with Gasteiger partial charge in [0, 0.05) is 23.9 Å². The van der Waals surface area contributed by atoms with Gasteiger partial charge in [-0.05, 0) is 44.4 Å². The molecule has 1 aliphatic carbocycles. The molecule has 2 atom stereocenters. The number of anilines is 1. The number of nitriles is 1. The maximum absolute atomic E-state index is 13.5. The molecule has 5 rings (SSSR count). The average Bonchev–Trinajstić information content (AvgIpc) is 3.26. The molecule has 2 aliphatic rings. The summed E-state index contributed by atoms with van der Waals surface area (Å²) in [6.07, 6.45) is 0.682. The number of hydrogen-bond donors (Lipinski definition) is 2. The van der Waals surface area contributed by atoms with Crippen molar-refractivity contribution in [1.29, 1.82) is 5.26 Å². The summed E-state index contributed by atoms with van der Waals surface area (Å²) >= 11 is 0. The Morgan fingerprint density at radius 1 is 1.37 bits per heavy atom. The third kappa shape index (κ3) is 4.54. The number of ether oxygens (including phenoxy) is 1. The lowest BCUT2D eigenvalue weighted by molar-refractivity contribution is -0.243. The molecule has 0 radical (unpaired) electrons. The highest BCUT2D eigenvalue weighted by molar-refractivity contribution is 7.52. The van der Waals surface area contributed by atoms with Gasteiger partial charge in [0.2, 0.25) is 5.91 Å². The number of rotatable bonds is 6. The molecule has 13 heteroatoms. The molecule has 1 saturated carbocycles. The average molecular weight is 546 g/mol. The normalized spacial score (nSPS) is 21.0. The van der Waals surface area contributed by atoms with Crippen LogP contribution in [0.1, 0.15) is 38.2 Å². The van der Waals surface area contributed by atoms with Crippen molar-refractivity contribution in [2.24, 2.45) is 5.41 Å². The predicted molar refractivity (Wildman–Crippen MR) is 135 cm³/mol. The highest BCUT2D eigenvalue weighted by Crippen LogP contribution is 2.54. The fraction of sp³-hybridized carbons (Fsp3) is 0.440. The van der Waals surface area contributed by atoms with E-state index in [1.165, 1.54) is 6.20 Å². The van der Waals surface area contributed by atoms with Crippen molar-refractivity contribution >= 4 is 25.4 Å². The van der Waals surface area contributed by atoms with Crippen LogP contribution in [0.3, 0.4) is 0 Å². The Kier molecular flexibility index (Phi) is 6.92. The molecule has 9 nitrogen and oxygen atoms in total. The van der Waals surface area contributed by atoms with Crippen LogP contribution in [0.2, 0.25) is 0 Å². The van der Waals surface area contributed by atoms with Crippen molar-refractivity contribution < 1.29 is 27.6 Å². The third-order valence-electron chi connectivity index (χ3n) is 7.23. The van der Waals surface area contributed by atoms with Crippen LogP contribution in [-0.4, -0.2) is 56.8 Å². The fourth-order valence-corrected chi connectivity index (χ4v) is 6.45. The minimum absolute atomic E-state index is 0.177. The van der Waals surface area contributed by atoms with E-state index in [0.29, 0.717) is 48.6 Å². The van der Waals surface area contributed by atoms with Crippen molar-refractivity contribution in [2.45, 2.75) is 44.6 Å². The number of amides is 1. The van der Waals surface area contributed by atoms with Gasteiger partial charge >= 0.3 is 6.18 Å². The zero-order valence-electron chi connectivity index (χ0n) is 20.6. The van der Waals surface area contributed by atoms with Gasteiger partial charge in [0.1, 0.15) is 23.1 Å². The van der Waals surface area contributed by atoms with Crippen molar-refractivity contribution in [3.8, 4) is 22.9 Å². The van der Waals surface area contributed by atoms with Gasteiger partial charge in [0.15, 0.2) is 0 Å². The smallest absolute Gasteiger partial charge is 0.403 e. The van der Waals surface area contributed by atoms with Crippen molar-refractivity contribution in [1.82, 2.24) is 19.9 Å². The third-order valence-corrected chi connectivity index (χ3v) is 8.97. The number of aromatic nitrogens is 3. The summed E-state index contributed by atoms with van der Waals surface area (Å²) in [7, 11) is -1.78. The summed E-state index contributed by atoms with van der Waals surface area (Å²) in [6.45, 7) is 2.75. The summed E-state index contributed by atoms with van der Waals surface area (Å²) in [5, 5.41) is 16.3. The lowest BCUT2D eigenvalue weighted by atomic mass is 9.67. The quantitative estimate of drug-likeness (QED) is 0.441. The SMILES string of the molecule is CCOc1cc(-c2ccc(N3CC[C@H](NC(=O)C4(C(F)(F)F)CCC4)P(O)C3)nc2)c2c(C#N)cnn2c1. The first-order valence-electron chi connectivity index (χ1n) is 12.3. The Bertz CT molecular complexity index is 1380. The standard InChI is InChI=1S/C25H26F3N6O3P/c1-2-37-18-10-19(22-17(11-29)13-31-34(22)14-18)16-4-5-20(30-12-16)33-9-6-21(38(36)15-33)32-23(35)24(7-3-8-24)25(26,27)28/h4-5,10,12-14,21,36H,2-3,6-9,15H2,1H3,(H,32,35)/t21-,38?/m1/s1. The van der Waals surface area contributed by atoms with Gasteiger partial charge in [0.25, 0.3) is 0 Å². The first kappa shape index (κ1) is 26.2. The summed E-state index contributed by atoms with van der Waals surface area (Å²) in [5.74, 6) is -0.544. The second-order valence-electron chi connectivity index (χ2n) is 9.45. The molecule has 1 amide bonds. The van der Waals surface area contributed by atoms with E-state index in [1.807, 2.05) is 24.0 Å². The lowest BCUT2D eigenvalue weighted by Gasteiger charge is -2.43. The van der Waals surface area contributed by atoms with E-state index in [0.717, 1.165) is 11.1 Å². The largest absolute Gasteiger partial charge is 0.492 e. The molecular weight excluding hydrogens is 520 g/mol. The molecule has 200 valence electrons. The Morgan fingerprint density at radius 2 is 2.16 bits per heavy atom. The van der Waals surface area contributed by atoms with Crippen molar-refractivity contribution in [3.63, 3.8) is 0 Å². The van der Waals surface area contributed by atoms with Crippen LogP contribution < -0.4 is 15.0 Å². The van der Waals surface area contributed by atoms with E-state index in [-0.39, 0.29) is 19.1 Å². The van der Waals surface area contributed by atoms with Crippen LogP contribution in [0.15, 0.2) is 36.8 Å². The van der Waals surface area contributed by atoms with Crippen LogP contribution >= 0.6 is 8.15 Å². The second-order valence-corrected chi connectivity index (χ2v) is 11.2. The molecule has 1 saturated heterocycles. The zero-order valence-corrected chi connectivity index (χ0v) is 21.5. The number of pyridine rings is 2. The summed E-state index contributed by atoms with van der Waals surface area (Å²) in [5.41, 5.74) is 0.178. The number of carbonyl (C=O) groups excluding carboxylic acids is 1. The molecule has 0 aromatic carbocycles. The predicted octanol–water partition coefficient (Wildman–Crippen LogP) is 4.40. The Balaban J connectivity index is 1.31. The molecular formula is C25H26F3N6O3P. The molecule has 2 fully saturated rings. The Labute approximate surface area is 218 Å². The second kappa shape index (κ2) is 10.0. The Morgan fingerprint density at radius 3 is 2.74 bits per heavy atom. The number of halogens is 3. The maximum atomic E-state index is 13.5. The lowest BCUT2D eigenvalue weighted by Crippen LogP contribution is -2.57. The Hall–Kier alpha value is -3.42. The number of alkyl halides is 3. The highest BCUT2D eigenvalue weighted by atomic mass is 31.1. The number of nitrogens with zero attached hydrogens (tertiary/aromatic N) is 5. The molecule has 1 unspecified atom stereocenters. The van der Waals surface area contributed by atoms with E-state index in [1.54, 1.807) is 23.0 Å². The zero-order chi connectivity index (χ0) is 27.1. The first-order valence-corrected chi connectivity index (χ1v) is 13.8. The van der Waals surface area contributed by atoms with E-state index < -0.39 is 31.4 Å². The van der Waals surface area contributed by atoms with Gasteiger partial charge in [-0.3, -0.25) is 4.79 Å². The summed E-state index contributed by atoms with van der Waals surface area (Å²) in [4.78, 5) is 29.6. The topological polar surface area (TPSA) is 116 Å². The van der Waals surface area contributed by atoms with Crippen LogP contribution in [0.5, 0.6) is 5.75 Å². The number of fused-ring (bicyclic) bond motifs is 1. The molecule has 2 N–H and O–H groups in total. The van der Waals surface area contributed by atoms with Crippen molar-refractivity contribution in [2.75, 3.05) is 24.3 Å². The van der Waals surface area contributed by atoms with Gasteiger partial charge < -0.3 is 19.8 Å². The van der Waals surface area contributed by atoms with E-state index in [4.69, 9.17) is 4.74 Å². The molecule has 1 aliphatic heterocycles. The molecule has 0 spiro atoms. The van der Waals surface area contributed by atoms with Crippen LogP contribution in [0, 0.1) is 16.7 Å². The number of carbonyl (C=O) groups is 1. The molecule has 0 bridgehead atoms. The number of nitrogens with one attached hydrogen (secondary N) is 1. The van der Waals surface area contributed by atoms with Crippen molar-refractivity contribution in [3.05, 3.63) is 42.4 Å². The van der Waals surface area contributed by atoms with Gasteiger partial charge in [-0.25, -0.2) is 9.50 Å². The van der Waals surface area contributed by atoms with Gasteiger partial charge in [-0.1, -0.05) is 6.42 Å². The molecule has 4 heterocycles. The monoisotopic (exact) mass is 546 g/mol. The molecule has 3 aromatic rings. The summed E-state index contributed by atoms with van der Waals surface area (Å²) < 4.78 is 47.8. The van der Waals surface area contributed by atoms with E-state index in [2.05, 4.69) is 21.5 Å².